The van der Waals surface area contributed by atoms with E-state index in [9.17, 15) is 18.5 Å². The number of sulfone groups is 1. The van der Waals surface area contributed by atoms with E-state index < -0.39 is 14.8 Å². The molecule has 10 heteroatoms. The summed E-state index contributed by atoms with van der Waals surface area (Å²) in [5.41, 5.74) is 1.83. The normalized spacial score (nSPS) is 22.8. The van der Waals surface area contributed by atoms with Crippen molar-refractivity contribution in [2.75, 3.05) is 16.4 Å². The molecule has 2 atom stereocenters. The monoisotopic (exact) mass is 437 g/mol. The third kappa shape index (κ3) is 3.87. The van der Waals surface area contributed by atoms with Crippen LogP contribution in [-0.4, -0.2) is 42.1 Å². The van der Waals surface area contributed by atoms with Crippen molar-refractivity contribution >= 4 is 49.7 Å². The van der Waals surface area contributed by atoms with Crippen LogP contribution in [0.2, 0.25) is 5.02 Å². The average molecular weight is 438 g/mol. The Labute approximate surface area is 171 Å². The second kappa shape index (κ2) is 7.38. The van der Waals surface area contributed by atoms with E-state index in [1.807, 2.05) is 17.0 Å². The largest absolute Gasteiger partial charge is 0.315 e. The number of anilines is 1. The van der Waals surface area contributed by atoms with Gasteiger partial charge in [-0.1, -0.05) is 35.5 Å². The summed E-state index contributed by atoms with van der Waals surface area (Å²) >= 11 is 7.48. The van der Waals surface area contributed by atoms with Crippen molar-refractivity contribution in [3.05, 3.63) is 69.2 Å². The Morgan fingerprint density at radius 2 is 1.82 bits per heavy atom. The second-order valence-corrected chi connectivity index (χ2v) is 10.2. The van der Waals surface area contributed by atoms with E-state index in [1.54, 1.807) is 24.3 Å². The molecule has 2 aliphatic rings. The van der Waals surface area contributed by atoms with Crippen molar-refractivity contribution in [1.82, 2.24) is 0 Å². The van der Waals surface area contributed by atoms with Gasteiger partial charge in [0, 0.05) is 28.6 Å². The number of aliphatic imine (C=N–C) groups is 1. The van der Waals surface area contributed by atoms with Crippen molar-refractivity contribution < 1.29 is 13.3 Å². The zero-order valence-corrected chi connectivity index (χ0v) is 17.0. The summed E-state index contributed by atoms with van der Waals surface area (Å²) in [6.07, 6.45) is 0. The van der Waals surface area contributed by atoms with Crippen LogP contribution >= 0.6 is 23.4 Å². The van der Waals surface area contributed by atoms with Gasteiger partial charge in [0.2, 0.25) is 0 Å². The number of nitrogens with zero attached hydrogens (tertiary/aromatic N) is 3. The molecular weight excluding hydrogens is 422 g/mol. The number of halogens is 1. The molecule has 2 aromatic carbocycles. The van der Waals surface area contributed by atoms with E-state index in [4.69, 9.17) is 11.6 Å². The zero-order chi connectivity index (χ0) is 19.9. The van der Waals surface area contributed by atoms with Crippen LogP contribution in [0.3, 0.4) is 0 Å². The number of non-ortho nitro benzene ring substituents is 1. The first-order chi connectivity index (χ1) is 13.3. The molecule has 2 unspecified atom stereocenters. The number of benzene rings is 2. The maximum Gasteiger partial charge on any atom is 0.269 e. The van der Waals surface area contributed by atoms with Crippen molar-refractivity contribution in [3.63, 3.8) is 0 Å². The molecule has 0 bridgehead atoms. The van der Waals surface area contributed by atoms with Crippen molar-refractivity contribution in [1.29, 1.82) is 0 Å². The van der Waals surface area contributed by atoms with Gasteiger partial charge in [-0.25, -0.2) is 8.42 Å². The fourth-order valence-corrected chi connectivity index (χ4v) is 6.45. The van der Waals surface area contributed by atoms with Crippen LogP contribution in [0, 0.1) is 10.1 Å². The highest BCUT2D eigenvalue weighted by Gasteiger charge is 2.47. The minimum absolute atomic E-state index is 0.0505. The maximum atomic E-state index is 12.1. The predicted octanol–water partition coefficient (Wildman–Crippen LogP) is 3.52. The minimum Gasteiger partial charge on any atom is -0.315 e. The van der Waals surface area contributed by atoms with Crippen LogP contribution in [0.5, 0.6) is 0 Å². The fraction of sp³-hybridized carbons (Fsp3) is 0.278. The Morgan fingerprint density at radius 1 is 1.14 bits per heavy atom. The number of hydrogen-bond donors (Lipinski definition) is 0. The molecule has 0 spiro atoms. The highest BCUT2D eigenvalue weighted by Crippen LogP contribution is 2.36. The summed E-state index contributed by atoms with van der Waals surface area (Å²) in [7, 11) is -3.11. The van der Waals surface area contributed by atoms with Gasteiger partial charge in [0.05, 0.1) is 28.5 Å². The average Bonchev–Trinajstić information content (AvgIpc) is 3.12. The van der Waals surface area contributed by atoms with Crippen LogP contribution in [-0.2, 0) is 15.6 Å². The molecule has 146 valence electrons. The molecule has 2 aliphatic heterocycles. The van der Waals surface area contributed by atoms with Gasteiger partial charge in [0.25, 0.3) is 5.69 Å². The molecular formula is C18H16ClN3O4S2. The Balaban J connectivity index is 1.57. The molecule has 7 nitrogen and oxygen atoms in total. The molecule has 2 heterocycles. The molecule has 1 saturated heterocycles. The highest BCUT2D eigenvalue weighted by molar-refractivity contribution is 8.13. The molecule has 0 aromatic heterocycles. The lowest BCUT2D eigenvalue weighted by atomic mass is 10.1. The number of rotatable bonds is 4. The van der Waals surface area contributed by atoms with Gasteiger partial charge >= 0.3 is 0 Å². The molecule has 0 N–H and O–H groups in total. The van der Waals surface area contributed by atoms with Gasteiger partial charge in [-0.15, -0.1) is 0 Å². The van der Waals surface area contributed by atoms with Crippen molar-refractivity contribution in [2.45, 2.75) is 17.8 Å². The summed E-state index contributed by atoms with van der Waals surface area (Å²) in [5, 5.41) is 12.1. The maximum absolute atomic E-state index is 12.1. The smallest absolute Gasteiger partial charge is 0.269 e. The first kappa shape index (κ1) is 19.2. The third-order valence-electron chi connectivity index (χ3n) is 4.73. The Bertz CT molecular complexity index is 1040. The van der Waals surface area contributed by atoms with Gasteiger partial charge in [0.1, 0.15) is 0 Å². The molecule has 2 aromatic rings. The van der Waals surface area contributed by atoms with Crippen molar-refractivity contribution in [3.8, 4) is 0 Å². The van der Waals surface area contributed by atoms with Gasteiger partial charge in [-0.05, 0) is 29.8 Å². The van der Waals surface area contributed by atoms with E-state index in [0.717, 1.165) is 16.4 Å². The lowest BCUT2D eigenvalue weighted by Gasteiger charge is -2.26. The molecule has 28 heavy (non-hydrogen) atoms. The molecule has 4 rings (SSSR count). The van der Waals surface area contributed by atoms with Crippen LogP contribution < -0.4 is 4.90 Å². The molecule has 1 fully saturated rings. The topological polar surface area (TPSA) is 92.9 Å². The summed E-state index contributed by atoms with van der Waals surface area (Å²) in [4.78, 5) is 17.0. The zero-order valence-electron chi connectivity index (χ0n) is 14.6. The SMILES string of the molecule is O=[N+]([O-])c1ccc(CSC2=NC3CS(=O)(=O)CC3N2c2ccc(Cl)cc2)cc1. The van der Waals surface area contributed by atoms with Crippen LogP contribution in [0.4, 0.5) is 11.4 Å². The Kier molecular flexibility index (Phi) is 5.07. The fourth-order valence-electron chi connectivity index (χ4n) is 3.40. The van der Waals surface area contributed by atoms with Gasteiger partial charge < -0.3 is 4.90 Å². The quantitative estimate of drug-likeness (QED) is 0.536. The summed E-state index contributed by atoms with van der Waals surface area (Å²) in [5.74, 6) is 0.710. The first-order valence-electron chi connectivity index (χ1n) is 8.51. The predicted molar refractivity (Wildman–Crippen MR) is 112 cm³/mol. The standard InChI is InChI=1S/C18H16ClN3O4S2/c19-13-3-7-14(8-4-13)21-17-11-28(25,26)10-16(17)20-18(21)27-9-12-1-5-15(6-2-12)22(23)24/h1-8,16-17H,9-11H2. The number of nitro benzene ring substituents is 1. The number of hydrogen-bond acceptors (Lipinski definition) is 7. The number of nitro groups is 1. The van der Waals surface area contributed by atoms with Crippen molar-refractivity contribution in [2.24, 2.45) is 4.99 Å². The molecule has 0 radical (unpaired) electrons. The van der Waals surface area contributed by atoms with E-state index in [1.165, 1.54) is 23.9 Å². The van der Waals surface area contributed by atoms with E-state index >= 15 is 0 Å². The number of thioether (sulfide) groups is 1. The van der Waals surface area contributed by atoms with E-state index in [-0.39, 0.29) is 29.3 Å². The summed E-state index contributed by atoms with van der Waals surface area (Å²) < 4.78 is 24.1. The van der Waals surface area contributed by atoms with E-state index in [0.29, 0.717) is 10.8 Å². The summed E-state index contributed by atoms with van der Waals surface area (Å²) in [6.45, 7) is 0. The minimum atomic E-state index is -3.11. The number of fused-ring (bicyclic) bond motifs is 1. The molecule has 0 aliphatic carbocycles. The number of amidine groups is 1. The molecule has 0 saturated carbocycles. The lowest BCUT2D eigenvalue weighted by Crippen LogP contribution is -2.39. The summed E-state index contributed by atoms with van der Waals surface area (Å²) in [6, 6.07) is 13.2. The van der Waals surface area contributed by atoms with Gasteiger partial charge in [-0.3, -0.25) is 15.1 Å². The first-order valence-corrected chi connectivity index (χ1v) is 11.7. The van der Waals surface area contributed by atoms with E-state index in [2.05, 4.69) is 4.99 Å². The third-order valence-corrected chi connectivity index (χ3v) is 7.72. The molecule has 0 amide bonds. The van der Waals surface area contributed by atoms with Crippen LogP contribution in [0.1, 0.15) is 5.56 Å². The Morgan fingerprint density at radius 3 is 2.46 bits per heavy atom. The Hall–Kier alpha value is -2.10. The van der Waals surface area contributed by atoms with Gasteiger partial charge in [0.15, 0.2) is 15.0 Å². The van der Waals surface area contributed by atoms with Gasteiger partial charge in [-0.2, -0.15) is 0 Å². The van der Waals surface area contributed by atoms with Crippen LogP contribution in [0.25, 0.3) is 0 Å². The highest BCUT2D eigenvalue weighted by atomic mass is 35.5. The lowest BCUT2D eigenvalue weighted by molar-refractivity contribution is -0.384. The second-order valence-electron chi connectivity index (χ2n) is 6.68. The van der Waals surface area contributed by atoms with Crippen LogP contribution in [0.15, 0.2) is 53.5 Å².